The number of carbonyl (C=O) groups is 1. The van der Waals surface area contributed by atoms with E-state index in [1.807, 2.05) is 25.3 Å². The van der Waals surface area contributed by atoms with E-state index in [2.05, 4.69) is 35.9 Å². The van der Waals surface area contributed by atoms with Gasteiger partial charge in [-0.05, 0) is 62.1 Å². The van der Waals surface area contributed by atoms with Gasteiger partial charge in [-0.1, -0.05) is 26.3 Å². The number of aliphatic hydroxyl groups is 2. The molecule has 2 saturated heterocycles. The second-order valence-corrected chi connectivity index (χ2v) is 9.36. The number of carbonyl (C=O) groups excluding carboxylic acids is 1. The van der Waals surface area contributed by atoms with Crippen molar-refractivity contribution in [2.75, 3.05) is 18.1 Å². The number of hydrogen-bond donors (Lipinski definition) is 2. The van der Waals surface area contributed by atoms with Crippen LogP contribution in [0.25, 0.3) is 6.08 Å². The summed E-state index contributed by atoms with van der Waals surface area (Å²) >= 11 is 0. The third-order valence-corrected chi connectivity index (χ3v) is 7.63. The Hall–Kier alpha value is -1.92. The molecule has 3 heterocycles. The molecule has 2 N–H and O–H groups in total. The number of aromatic nitrogens is 1. The largest absolute Gasteiger partial charge is 0.460 e. The molecule has 0 spiro atoms. The summed E-state index contributed by atoms with van der Waals surface area (Å²) in [5.41, 5.74) is 0.512. The summed E-state index contributed by atoms with van der Waals surface area (Å²) < 4.78 is 5.46. The van der Waals surface area contributed by atoms with Crippen LogP contribution in [0.2, 0.25) is 0 Å². The summed E-state index contributed by atoms with van der Waals surface area (Å²) in [6, 6.07) is 4.24. The molecule has 30 heavy (non-hydrogen) atoms. The summed E-state index contributed by atoms with van der Waals surface area (Å²) in [4.78, 5) is 19.2. The van der Waals surface area contributed by atoms with Crippen LogP contribution < -0.4 is 4.90 Å². The highest BCUT2D eigenvalue weighted by molar-refractivity contribution is 5.82. The molecule has 3 fully saturated rings. The van der Waals surface area contributed by atoms with Gasteiger partial charge in [0.15, 0.2) is 5.60 Å². The van der Waals surface area contributed by atoms with Gasteiger partial charge < -0.3 is 19.8 Å². The molecule has 6 heteroatoms. The summed E-state index contributed by atoms with van der Waals surface area (Å²) in [5, 5.41) is 20.7. The number of aliphatic hydroxyl groups excluding tert-OH is 1. The summed E-state index contributed by atoms with van der Waals surface area (Å²) in [7, 11) is 0. The van der Waals surface area contributed by atoms with Gasteiger partial charge in [0, 0.05) is 12.5 Å². The normalized spacial score (nSPS) is 38.8. The molecule has 0 bridgehead atoms. The van der Waals surface area contributed by atoms with E-state index in [0.29, 0.717) is 12.3 Å². The maximum absolute atomic E-state index is 12.4. The van der Waals surface area contributed by atoms with E-state index < -0.39 is 11.6 Å². The van der Waals surface area contributed by atoms with Crippen LogP contribution in [0.15, 0.2) is 24.4 Å². The standard InChI is InChI=1S/C24H34N2O4/c1-4-20-15(2)12-24(29)22(16(3)30-23(24)28)21(20)10-8-17-7-9-18(13-25-17)26-11-5-6-19(26)14-27/h7-10,13,15-16,19-22,27,29H,4-6,11-12,14H2,1-3H3/b10-8+/t15?,16-,19-,20?,21?,22?,24?/m1/s1. The molecule has 0 radical (unpaired) electrons. The Balaban J connectivity index is 1.56. The van der Waals surface area contributed by atoms with Crippen LogP contribution in [0.3, 0.4) is 0 Å². The smallest absolute Gasteiger partial charge is 0.338 e. The average molecular weight is 415 g/mol. The van der Waals surface area contributed by atoms with Gasteiger partial charge in [0.1, 0.15) is 6.10 Å². The van der Waals surface area contributed by atoms with Gasteiger partial charge in [-0.25, -0.2) is 4.79 Å². The van der Waals surface area contributed by atoms with Crippen molar-refractivity contribution in [1.82, 2.24) is 4.98 Å². The van der Waals surface area contributed by atoms with Crippen molar-refractivity contribution in [3.63, 3.8) is 0 Å². The minimum absolute atomic E-state index is 0.0593. The third-order valence-electron chi connectivity index (χ3n) is 7.63. The number of anilines is 1. The number of allylic oxidation sites excluding steroid dienone is 1. The Labute approximate surface area is 179 Å². The van der Waals surface area contributed by atoms with Crippen molar-refractivity contribution < 1.29 is 19.7 Å². The second kappa shape index (κ2) is 8.31. The van der Waals surface area contributed by atoms with Crippen molar-refractivity contribution in [3.05, 3.63) is 30.1 Å². The van der Waals surface area contributed by atoms with Gasteiger partial charge in [-0.15, -0.1) is 0 Å². The minimum atomic E-state index is -1.38. The van der Waals surface area contributed by atoms with E-state index >= 15 is 0 Å². The lowest BCUT2D eigenvalue weighted by atomic mass is 9.59. The second-order valence-electron chi connectivity index (χ2n) is 9.36. The quantitative estimate of drug-likeness (QED) is 0.721. The average Bonchev–Trinajstić information content (AvgIpc) is 3.28. The molecular formula is C24H34N2O4. The number of fused-ring (bicyclic) bond motifs is 1. The van der Waals surface area contributed by atoms with E-state index in [0.717, 1.165) is 37.2 Å². The lowest BCUT2D eigenvalue weighted by Gasteiger charge is -2.45. The van der Waals surface area contributed by atoms with Gasteiger partial charge in [0.2, 0.25) is 0 Å². The van der Waals surface area contributed by atoms with Gasteiger partial charge in [0.25, 0.3) is 0 Å². The number of nitrogens with zero attached hydrogens (tertiary/aromatic N) is 2. The van der Waals surface area contributed by atoms with E-state index in [4.69, 9.17) is 4.74 Å². The summed E-state index contributed by atoms with van der Waals surface area (Å²) in [6.07, 6.45) is 9.29. The Morgan fingerprint density at radius 3 is 2.83 bits per heavy atom. The maximum Gasteiger partial charge on any atom is 0.338 e. The maximum atomic E-state index is 12.4. The number of ether oxygens (including phenoxy) is 1. The van der Waals surface area contributed by atoms with E-state index in [1.165, 1.54) is 0 Å². The lowest BCUT2D eigenvalue weighted by molar-refractivity contribution is -0.160. The summed E-state index contributed by atoms with van der Waals surface area (Å²) in [5.74, 6) is -0.00530. The predicted octanol–water partition coefficient (Wildman–Crippen LogP) is 3.03. The summed E-state index contributed by atoms with van der Waals surface area (Å²) in [6.45, 7) is 7.32. The SMILES string of the molecule is CCC1C(C)CC2(O)C(=O)O[C@H](C)C2C1/C=C/c1ccc(N2CCC[C@@H]2CO)cn1. The van der Waals surface area contributed by atoms with Crippen molar-refractivity contribution in [2.24, 2.45) is 23.7 Å². The van der Waals surface area contributed by atoms with Crippen LogP contribution in [-0.4, -0.2) is 52.1 Å². The number of rotatable bonds is 5. The van der Waals surface area contributed by atoms with Crippen LogP contribution in [0, 0.1) is 23.7 Å². The first kappa shape index (κ1) is 21.3. The Kier molecular flexibility index (Phi) is 5.90. The van der Waals surface area contributed by atoms with Crippen LogP contribution in [0.1, 0.15) is 52.1 Å². The fourth-order valence-electron chi connectivity index (χ4n) is 6.19. The van der Waals surface area contributed by atoms with E-state index in [1.54, 1.807) is 0 Å². The van der Waals surface area contributed by atoms with Crippen LogP contribution in [0.4, 0.5) is 5.69 Å². The van der Waals surface area contributed by atoms with Crippen LogP contribution in [-0.2, 0) is 9.53 Å². The molecule has 164 valence electrons. The number of esters is 1. The first-order valence-corrected chi connectivity index (χ1v) is 11.3. The first-order chi connectivity index (χ1) is 14.4. The third kappa shape index (κ3) is 3.54. The zero-order chi connectivity index (χ0) is 21.5. The molecule has 5 unspecified atom stereocenters. The molecule has 0 amide bonds. The minimum Gasteiger partial charge on any atom is -0.460 e. The Morgan fingerprint density at radius 2 is 2.17 bits per heavy atom. The molecule has 6 nitrogen and oxygen atoms in total. The number of pyridine rings is 1. The molecule has 0 aromatic carbocycles. The van der Waals surface area contributed by atoms with Crippen molar-refractivity contribution in [3.8, 4) is 0 Å². The highest BCUT2D eigenvalue weighted by atomic mass is 16.6. The van der Waals surface area contributed by atoms with E-state index in [-0.39, 0.29) is 36.5 Å². The van der Waals surface area contributed by atoms with Crippen molar-refractivity contribution in [1.29, 1.82) is 0 Å². The Morgan fingerprint density at radius 1 is 1.37 bits per heavy atom. The van der Waals surface area contributed by atoms with Gasteiger partial charge >= 0.3 is 5.97 Å². The van der Waals surface area contributed by atoms with Crippen LogP contribution in [0.5, 0.6) is 0 Å². The fourth-order valence-corrected chi connectivity index (χ4v) is 6.19. The molecule has 7 atom stereocenters. The molecule has 2 aliphatic heterocycles. The molecular weight excluding hydrogens is 380 g/mol. The van der Waals surface area contributed by atoms with E-state index in [9.17, 15) is 15.0 Å². The zero-order valence-corrected chi connectivity index (χ0v) is 18.2. The van der Waals surface area contributed by atoms with Crippen molar-refractivity contribution >= 4 is 17.7 Å². The lowest BCUT2D eigenvalue weighted by Crippen LogP contribution is -2.53. The first-order valence-electron chi connectivity index (χ1n) is 11.3. The predicted molar refractivity (Wildman–Crippen MR) is 116 cm³/mol. The molecule has 1 saturated carbocycles. The molecule has 1 aromatic rings. The monoisotopic (exact) mass is 414 g/mol. The molecule has 1 aliphatic carbocycles. The molecule has 4 rings (SSSR count). The van der Waals surface area contributed by atoms with Gasteiger partial charge in [0.05, 0.1) is 30.2 Å². The highest BCUT2D eigenvalue weighted by Gasteiger charge is 2.62. The zero-order valence-electron chi connectivity index (χ0n) is 18.2. The highest BCUT2D eigenvalue weighted by Crippen LogP contribution is 2.52. The Bertz CT molecular complexity index is 795. The van der Waals surface area contributed by atoms with Crippen molar-refractivity contribution in [2.45, 2.75) is 64.2 Å². The fraction of sp³-hybridized carbons (Fsp3) is 0.667. The molecule has 3 aliphatic rings. The number of cyclic esters (lactones) is 1. The van der Waals surface area contributed by atoms with Crippen LogP contribution >= 0.6 is 0 Å². The van der Waals surface area contributed by atoms with Gasteiger partial charge in [-0.3, -0.25) is 4.98 Å². The molecule has 1 aromatic heterocycles. The van der Waals surface area contributed by atoms with Gasteiger partial charge in [-0.2, -0.15) is 0 Å². The number of hydrogen-bond acceptors (Lipinski definition) is 6. The topological polar surface area (TPSA) is 82.9 Å².